The first-order valence-corrected chi connectivity index (χ1v) is 2.91. The maximum absolute atomic E-state index is 10.3. The molecule has 0 unspecified atom stereocenters. The largest absolute Gasteiger partial charge is 0.479 e. The van der Waals surface area contributed by atoms with E-state index in [1.54, 1.807) is 0 Å². The average Bonchev–Trinajstić information content (AvgIpc) is 2.04. The quantitative estimate of drug-likeness (QED) is 0.418. The molecule has 0 aromatic rings. The Balaban J connectivity index is 2.75. The fraction of sp³-hybridized carbons (Fsp3) is 0.400. The minimum Gasteiger partial charge on any atom is -0.479 e. The molecule has 6 nitrogen and oxygen atoms in total. The van der Waals surface area contributed by atoms with E-state index < -0.39 is 5.03 Å². The predicted molar refractivity (Wildman–Crippen MR) is 37.3 cm³/mol. The molecule has 0 spiro atoms. The van der Waals surface area contributed by atoms with Gasteiger partial charge in [-0.3, -0.25) is 4.99 Å². The van der Waals surface area contributed by atoms with Crippen molar-refractivity contribution in [2.45, 2.75) is 0 Å². The Kier molecular flexibility index (Phi) is 2.05. The van der Waals surface area contributed by atoms with Gasteiger partial charge in [-0.25, -0.2) is 10.1 Å². The normalized spacial score (nSPS) is 16.1. The Labute approximate surface area is 62.9 Å². The lowest BCUT2D eigenvalue weighted by molar-refractivity contribution is -0.649. The van der Waals surface area contributed by atoms with Gasteiger partial charge in [0.25, 0.3) is 5.88 Å². The van der Waals surface area contributed by atoms with Crippen LogP contribution in [0.2, 0.25) is 0 Å². The van der Waals surface area contributed by atoms with E-state index in [4.69, 9.17) is 4.74 Å². The molecule has 1 aliphatic rings. The summed E-state index contributed by atoms with van der Waals surface area (Å²) >= 11 is 0. The van der Waals surface area contributed by atoms with Gasteiger partial charge in [0.2, 0.25) is 0 Å². The lowest BCUT2D eigenvalue weighted by atomic mass is 10.5. The monoisotopic (exact) mass is 157 g/mol. The zero-order chi connectivity index (χ0) is 8.27. The summed E-state index contributed by atoms with van der Waals surface area (Å²) in [5, 5.41) is 10.5. The third-order valence-electron chi connectivity index (χ3n) is 1.20. The molecule has 0 fully saturated rings. The number of hydrogen-bond acceptors (Lipinski definition) is 4. The maximum Gasteiger partial charge on any atom is 0.256 e. The van der Waals surface area contributed by atoms with E-state index in [0.717, 1.165) is 5.01 Å². The molecule has 1 aliphatic heterocycles. The molecular weight excluding hydrogens is 150 g/mol. The molecule has 0 N–H and O–H groups in total. The van der Waals surface area contributed by atoms with Crippen molar-refractivity contribution in [3.63, 3.8) is 0 Å². The summed E-state index contributed by atoms with van der Waals surface area (Å²) in [6.07, 6.45) is 2.91. The minimum atomic E-state index is -0.564. The number of hydrogen-bond donors (Lipinski definition) is 0. The second-order valence-corrected chi connectivity index (χ2v) is 1.82. The van der Waals surface area contributed by atoms with Crippen LogP contribution in [0.4, 0.5) is 0 Å². The van der Waals surface area contributed by atoms with Crippen LogP contribution >= 0.6 is 0 Å². The zero-order valence-corrected chi connectivity index (χ0v) is 5.93. The maximum atomic E-state index is 10.3. The third-order valence-corrected chi connectivity index (χ3v) is 1.20. The molecule has 0 atom stereocenters. The van der Waals surface area contributed by atoms with E-state index in [1.807, 2.05) is 0 Å². The number of aliphatic imine (C=N–C) groups is 1. The molecule has 6 heteroatoms. The third kappa shape index (κ3) is 1.46. The molecule has 0 saturated heterocycles. The van der Waals surface area contributed by atoms with Crippen LogP contribution in [0.15, 0.2) is 17.0 Å². The molecule has 0 aromatic heterocycles. The van der Waals surface area contributed by atoms with Gasteiger partial charge >= 0.3 is 0 Å². The Morgan fingerprint density at radius 3 is 3.09 bits per heavy atom. The highest BCUT2D eigenvalue weighted by molar-refractivity contribution is 5.72. The van der Waals surface area contributed by atoms with Gasteiger partial charge in [0, 0.05) is 12.3 Å². The van der Waals surface area contributed by atoms with Crippen LogP contribution in [-0.2, 0) is 4.74 Å². The van der Waals surface area contributed by atoms with Gasteiger partial charge in [0.15, 0.2) is 11.7 Å². The van der Waals surface area contributed by atoms with E-state index in [0.29, 0.717) is 0 Å². The summed E-state index contributed by atoms with van der Waals surface area (Å²) in [6.45, 7) is 0.00662. The van der Waals surface area contributed by atoms with Crippen molar-refractivity contribution in [1.29, 1.82) is 0 Å². The van der Waals surface area contributed by atoms with Crippen molar-refractivity contribution in [1.82, 2.24) is 5.01 Å². The number of ether oxygens (including phenoxy) is 1. The number of nitrogens with zero attached hydrogens (tertiary/aromatic N) is 3. The lowest BCUT2D eigenvalue weighted by Gasteiger charge is -2.15. The first-order chi connectivity index (χ1) is 5.25. The molecule has 0 saturated carbocycles. The van der Waals surface area contributed by atoms with Crippen molar-refractivity contribution < 1.29 is 9.77 Å². The first-order valence-electron chi connectivity index (χ1n) is 2.91. The van der Waals surface area contributed by atoms with E-state index in [-0.39, 0.29) is 12.6 Å². The highest BCUT2D eigenvalue weighted by Gasteiger charge is 2.21. The van der Waals surface area contributed by atoms with Crippen LogP contribution in [0.3, 0.4) is 0 Å². The highest BCUT2D eigenvalue weighted by Crippen LogP contribution is 2.07. The van der Waals surface area contributed by atoms with Crippen molar-refractivity contribution in [3.05, 3.63) is 22.1 Å². The summed E-state index contributed by atoms with van der Waals surface area (Å²) in [4.78, 5) is 13.9. The molecule has 60 valence electrons. The first kappa shape index (κ1) is 7.52. The lowest BCUT2D eigenvalue weighted by Crippen LogP contribution is -2.32. The predicted octanol–water partition coefficient (Wildman–Crippen LogP) is 0.00980. The summed E-state index contributed by atoms with van der Waals surface area (Å²) in [5.41, 5.74) is 0. The summed E-state index contributed by atoms with van der Waals surface area (Å²) in [5.74, 6) is 0.199. The average molecular weight is 157 g/mol. The van der Waals surface area contributed by atoms with Crippen LogP contribution in [-0.4, -0.2) is 30.0 Å². The van der Waals surface area contributed by atoms with Gasteiger partial charge in [-0.05, 0) is 5.01 Å². The molecule has 1 heterocycles. The van der Waals surface area contributed by atoms with Gasteiger partial charge in [-0.15, -0.1) is 0 Å². The topological polar surface area (TPSA) is 68.0 Å². The van der Waals surface area contributed by atoms with Crippen LogP contribution < -0.4 is 0 Å². The van der Waals surface area contributed by atoms with Gasteiger partial charge < -0.3 is 4.74 Å². The summed E-state index contributed by atoms with van der Waals surface area (Å²) < 4.78 is 4.72. The molecule has 0 bridgehead atoms. The SMILES string of the molecule is COC1=CC=NCN1[N+](=O)[O-]. The van der Waals surface area contributed by atoms with Crippen molar-refractivity contribution in [3.8, 4) is 0 Å². The fourth-order valence-corrected chi connectivity index (χ4v) is 0.702. The minimum absolute atomic E-state index is 0.00662. The van der Waals surface area contributed by atoms with Gasteiger partial charge in [-0.1, -0.05) is 0 Å². The van der Waals surface area contributed by atoms with Crippen LogP contribution in [0.25, 0.3) is 0 Å². The van der Waals surface area contributed by atoms with Gasteiger partial charge in [0.1, 0.15) is 0 Å². The van der Waals surface area contributed by atoms with E-state index in [9.17, 15) is 10.1 Å². The standard InChI is InChI=1S/C5H7N3O3/c1-11-5-2-3-6-4-7(5)8(9)10/h2-3H,4H2,1H3. The number of nitro groups is 1. The second-order valence-electron chi connectivity index (χ2n) is 1.82. The molecule has 1 rings (SSSR count). The molecule has 0 aromatic carbocycles. The highest BCUT2D eigenvalue weighted by atomic mass is 16.7. The second kappa shape index (κ2) is 3.00. The smallest absolute Gasteiger partial charge is 0.256 e. The van der Waals surface area contributed by atoms with E-state index >= 15 is 0 Å². The number of hydrazine groups is 1. The Morgan fingerprint density at radius 2 is 2.64 bits per heavy atom. The van der Waals surface area contributed by atoms with Crippen LogP contribution in [0.1, 0.15) is 0 Å². The number of methoxy groups -OCH3 is 1. The number of allylic oxidation sites excluding steroid dienone is 1. The van der Waals surface area contributed by atoms with Crippen LogP contribution in [0.5, 0.6) is 0 Å². The fourth-order valence-electron chi connectivity index (χ4n) is 0.702. The summed E-state index contributed by atoms with van der Waals surface area (Å²) in [7, 11) is 1.38. The van der Waals surface area contributed by atoms with Gasteiger partial charge in [-0.2, -0.15) is 0 Å². The van der Waals surface area contributed by atoms with Crippen molar-refractivity contribution in [2.24, 2.45) is 4.99 Å². The molecular formula is C5H7N3O3. The zero-order valence-electron chi connectivity index (χ0n) is 5.93. The van der Waals surface area contributed by atoms with Crippen molar-refractivity contribution >= 4 is 6.21 Å². The molecule has 0 radical (unpaired) electrons. The molecule has 0 aliphatic carbocycles. The van der Waals surface area contributed by atoms with E-state index in [2.05, 4.69) is 4.99 Å². The summed E-state index contributed by atoms with van der Waals surface area (Å²) in [6, 6.07) is 0. The van der Waals surface area contributed by atoms with Crippen LogP contribution in [0, 0.1) is 10.1 Å². The molecule has 0 amide bonds. The Bertz CT molecular complexity index is 223. The molecule has 11 heavy (non-hydrogen) atoms. The van der Waals surface area contributed by atoms with Crippen molar-refractivity contribution in [2.75, 3.05) is 13.8 Å². The number of rotatable bonds is 2. The Hall–Kier alpha value is -1.59. The van der Waals surface area contributed by atoms with Gasteiger partial charge in [0.05, 0.1) is 7.11 Å². The Morgan fingerprint density at radius 1 is 1.91 bits per heavy atom. The van der Waals surface area contributed by atoms with E-state index in [1.165, 1.54) is 19.4 Å².